The van der Waals surface area contributed by atoms with E-state index in [2.05, 4.69) is 19.1 Å². The monoisotopic (exact) mass is 258 g/mol. The zero-order chi connectivity index (χ0) is 13.7. The molecule has 1 nitrogen and oxygen atoms in total. The minimum absolute atomic E-state index is 0.185. The maximum atomic E-state index is 11.5. The zero-order valence-electron chi connectivity index (χ0n) is 12.4. The summed E-state index contributed by atoms with van der Waals surface area (Å²) in [5.41, 5.74) is 3.79. The molecule has 0 N–H and O–H groups in total. The molecule has 1 aromatic rings. The standard InChI is InChI=1S/C18H26O/c1-3-4-9-17-13-16(14(2)19)10-11-18(17)12-15-7-5-6-8-15/h10-11,13,15H,3-9,12H2,1-2H3. The van der Waals surface area contributed by atoms with E-state index in [9.17, 15) is 4.79 Å². The largest absolute Gasteiger partial charge is 0.295 e. The summed E-state index contributed by atoms with van der Waals surface area (Å²) in [5.74, 6) is 1.06. The zero-order valence-corrected chi connectivity index (χ0v) is 12.4. The quantitative estimate of drug-likeness (QED) is 0.659. The van der Waals surface area contributed by atoms with Gasteiger partial charge >= 0.3 is 0 Å². The third-order valence-corrected chi connectivity index (χ3v) is 4.40. The fraction of sp³-hybridized carbons (Fsp3) is 0.611. The van der Waals surface area contributed by atoms with E-state index in [0.29, 0.717) is 0 Å². The normalized spacial score (nSPS) is 15.9. The molecule has 0 saturated heterocycles. The SMILES string of the molecule is CCCCc1cc(C(C)=O)ccc1CC1CCCC1. The topological polar surface area (TPSA) is 17.1 Å². The van der Waals surface area contributed by atoms with Gasteiger partial charge in [0.2, 0.25) is 0 Å². The molecule has 0 radical (unpaired) electrons. The maximum Gasteiger partial charge on any atom is 0.159 e. The highest BCUT2D eigenvalue weighted by molar-refractivity contribution is 5.94. The molecule has 1 fully saturated rings. The number of Topliss-reactive ketones (excluding diaryl/α,β-unsaturated/α-hetero) is 1. The van der Waals surface area contributed by atoms with Gasteiger partial charge in [0, 0.05) is 5.56 Å². The number of hydrogen-bond donors (Lipinski definition) is 0. The Morgan fingerprint density at radius 1 is 1.21 bits per heavy atom. The molecule has 1 heteroatoms. The van der Waals surface area contributed by atoms with Crippen molar-refractivity contribution in [2.45, 2.75) is 65.2 Å². The number of hydrogen-bond acceptors (Lipinski definition) is 1. The summed E-state index contributed by atoms with van der Waals surface area (Å²) in [7, 11) is 0. The van der Waals surface area contributed by atoms with Gasteiger partial charge in [-0.1, -0.05) is 51.2 Å². The lowest BCUT2D eigenvalue weighted by molar-refractivity contribution is 0.101. The molecule has 0 atom stereocenters. The summed E-state index contributed by atoms with van der Waals surface area (Å²) >= 11 is 0. The summed E-state index contributed by atoms with van der Waals surface area (Å²) in [6.45, 7) is 3.89. The Bertz CT molecular complexity index is 427. The third kappa shape index (κ3) is 3.92. The number of unbranched alkanes of at least 4 members (excludes halogenated alkanes) is 1. The fourth-order valence-electron chi connectivity index (χ4n) is 3.17. The van der Waals surface area contributed by atoms with E-state index in [1.165, 1.54) is 56.1 Å². The Morgan fingerprint density at radius 3 is 2.58 bits per heavy atom. The molecule has 0 heterocycles. The van der Waals surface area contributed by atoms with E-state index in [1.54, 1.807) is 6.92 Å². The van der Waals surface area contributed by atoms with Crippen molar-refractivity contribution in [3.63, 3.8) is 0 Å². The number of aryl methyl sites for hydroxylation is 1. The maximum absolute atomic E-state index is 11.5. The van der Waals surface area contributed by atoms with Crippen LogP contribution in [0.25, 0.3) is 0 Å². The van der Waals surface area contributed by atoms with Crippen LogP contribution in [0.2, 0.25) is 0 Å². The van der Waals surface area contributed by atoms with E-state index in [1.807, 2.05) is 6.07 Å². The molecular formula is C18H26O. The lowest BCUT2D eigenvalue weighted by Gasteiger charge is -2.14. The Hall–Kier alpha value is -1.11. The first-order valence-electron chi connectivity index (χ1n) is 7.83. The van der Waals surface area contributed by atoms with Crippen LogP contribution in [0.3, 0.4) is 0 Å². The Labute approximate surface area is 117 Å². The van der Waals surface area contributed by atoms with Crippen molar-refractivity contribution in [2.75, 3.05) is 0 Å². The number of benzene rings is 1. The number of carbonyl (C=O) groups is 1. The van der Waals surface area contributed by atoms with Crippen LogP contribution in [-0.2, 0) is 12.8 Å². The summed E-state index contributed by atoms with van der Waals surface area (Å²) < 4.78 is 0. The molecule has 0 aliphatic heterocycles. The molecule has 2 rings (SSSR count). The van der Waals surface area contributed by atoms with E-state index in [4.69, 9.17) is 0 Å². The van der Waals surface area contributed by atoms with Gasteiger partial charge in [0.15, 0.2) is 5.78 Å². The van der Waals surface area contributed by atoms with Crippen molar-refractivity contribution in [3.8, 4) is 0 Å². The van der Waals surface area contributed by atoms with Gasteiger partial charge in [-0.3, -0.25) is 4.79 Å². The van der Waals surface area contributed by atoms with Crippen LogP contribution in [0.15, 0.2) is 18.2 Å². The van der Waals surface area contributed by atoms with Gasteiger partial charge in [-0.05, 0) is 49.3 Å². The molecule has 1 aliphatic carbocycles. The Kier molecular flexibility index (Phi) is 5.18. The fourth-order valence-corrected chi connectivity index (χ4v) is 3.17. The average Bonchev–Trinajstić information content (AvgIpc) is 2.90. The van der Waals surface area contributed by atoms with Crippen molar-refractivity contribution in [1.82, 2.24) is 0 Å². The van der Waals surface area contributed by atoms with Gasteiger partial charge in [0.1, 0.15) is 0 Å². The van der Waals surface area contributed by atoms with Crippen molar-refractivity contribution < 1.29 is 4.79 Å². The first-order chi connectivity index (χ1) is 9.20. The van der Waals surface area contributed by atoms with Gasteiger partial charge in [0.25, 0.3) is 0 Å². The Balaban J connectivity index is 2.16. The lowest BCUT2D eigenvalue weighted by Crippen LogP contribution is -2.04. The molecule has 104 valence electrons. The van der Waals surface area contributed by atoms with Crippen LogP contribution in [0.1, 0.15) is 73.9 Å². The van der Waals surface area contributed by atoms with Crippen LogP contribution in [-0.4, -0.2) is 5.78 Å². The van der Waals surface area contributed by atoms with Gasteiger partial charge in [-0.25, -0.2) is 0 Å². The second-order valence-electron chi connectivity index (χ2n) is 6.00. The molecule has 1 saturated carbocycles. The molecule has 0 amide bonds. The van der Waals surface area contributed by atoms with Gasteiger partial charge in [0.05, 0.1) is 0 Å². The van der Waals surface area contributed by atoms with E-state index >= 15 is 0 Å². The first-order valence-corrected chi connectivity index (χ1v) is 7.83. The average molecular weight is 258 g/mol. The predicted molar refractivity (Wildman–Crippen MR) is 80.7 cm³/mol. The van der Waals surface area contributed by atoms with Crippen LogP contribution < -0.4 is 0 Å². The second-order valence-corrected chi connectivity index (χ2v) is 6.00. The molecule has 0 bridgehead atoms. The van der Waals surface area contributed by atoms with Crippen molar-refractivity contribution >= 4 is 5.78 Å². The second kappa shape index (κ2) is 6.88. The highest BCUT2D eigenvalue weighted by Crippen LogP contribution is 2.29. The summed E-state index contributed by atoms with van der Waals surface area (Å²) in [4.78, 5) is 11.5. The lowest BCUT2D eigenvalue weighted by atomic mass is 9.91. The predicted octanol–water partition coefficient (Wildman–Crippen LogP) is 4.96. The minimum atomic E-state index is 0.185. The highest BCUT2D eigenvalue weighted by Gasteiger charge is 2.17. The minimum Gasteiger partial charge on any atom is -0.295 e. The number of rotatable bonds is 6. The molecule has 1 aromatic carbocycles. The number of carbonyl (C=O) groups excluding carboxylic acids is 1. The molecule has 0 aromatic heterocycles. The summed E-state index contributed by atoms with van der Waals surface area (Å²) in [5, 5.41) is 0. The van der Waals surface area contributed by atoms with Crippen molar-refractivity contribution in [1.29, 1.82) is 0 Å². The van der Waals surface area contributed by atoms with Gasteiger partial charge < -0.3 is 0 Å². The molecule has 19 heavy (non-hydrogen) atoms. The van der Waals surface area contributed by atoms with Gasteiger partial charge in [-0.15, -0.1) is 0 Å². The van der Waals surface area contributed by atoms with E-state index in [0.717, 1.165) is 17.9 Å². The first kappa shape index (κ1) is 14.3. The molecule has 0 spiro atoms. The van der Waals surface area contributed by atoms with Crippen LogP contribution in [0.4, 0.5) is 0 Å². The number of ketones is 1. The van der Waals surface area contributed by atoms with Gasteiger partial charge in [-0.2, -0.15) is 0 Å². The van der Waals surface area contributed by atoms with E-state index < -0.39 is 0 Å². The van der Waals surface area contributed by atoms with E-state index in [-0.39, 0.29) is 5.78 Å². The third-order valence-electron chi connectivity index (χ3n) is 4.40. The molecular weight excluding hydrogens is 232 g/mol. The molecule has 0 unspecified atom stereocenters. The van der Waals surface area contributed by atoms with Crippen LogP contribution >= 0.6 is 0 Å². The molecule has 1 aliphatic rings. The van der Waals surface area contributed by atoms with Crippen LogP contribution in [0.5, 0.6) is 0 Å². The van der Waals surface area contributed by atoms with Crippen molar-refractivity contribution in [3.05, 3.63) is 34.9 Å². The summed E-state index contributed by atoms with van der Waals surface area (Å²) in [6.07, 6.45) is 10.4. The smallest absolute Gasteiger partial charge is 0.159 e. The van der Waals surface area contributed by atoms with Crippen LogP contribution in [0, 0.1) is 5.92 Å². The van der Waals surface area contributed by atoms with Crippen molar-refractivity contribution in [2.24, 2.45) is 5.92 Å². The highest BCUT2D eigenvalue weighted by atomic mass is 16.1. The Morgan fingerprint density at radius 2 is 1.95 bits per heavy atom. The summed E-state index contributed by atoms with van der Waals surface area (Å²) in [6, 6.07) is 6.37.